The molecule has 0 aromatic carbocycles. The first kappa shape index (κ1) is 16.9. The lowest BCUT2D eigenvalue weighted by molar-refractivity contribution is 0.449. The zero-order chi connectivity index (χ0) is 15.5. The van der Waals surface area contributed by atoms with Gasteiger partial charge in [-0.25, -0.2) is 13.1 Å². The van der Waals surface area contributed by atoms with E-state index in [0.717, 1.165) is 30.6 Å². The summed E-state index contributed by atoms with van der Waals surface area (Å²) in [6.45, 7) is 7.45. The highest BCUT2D eigenvalue weighted by Gasteiger charge is 2.42. The van der Waals surface area contributed by atoms with E-state index in [1.165, 1.54) is 11.3 Å². The molecule has 1 aliphatic carbocycles. The van der Waals surface area contributed by atoms with Crippen LogP contribution in [-0.4, -0.2) is 21.0 Å². The van der Waals surface area contributed by atoms with Gasteiger partial charge >= 0.3 is 0 Å². The summed E-state index contributed by atoms with van der Waals surface area (Å²) >= 11 is 1.50. The molecule has 0 atom stereocenters. The van der Waals surface area contributed by atoms with Crippen LogP contribution in [0.1, 0.15) is 51.3 Å². The first-order valence-electron chi connectivity index (χ1n) is 7.68. The monoisotopic (exact) mass is 330 g/mol. The number of rotatable bonds is 9. The van der Waals surface area contributed by atoms with Crippen molar-refractivity contribution in [2.24, 2.45) is 5.41 Å². The molecule has 1 fully saturated rings. The van der Waals surface area contributed by atoms with Crippen molar-refractivity contribution in [1.82, 2.24) is 10.0 Å². The van der Waals surface area contributed by atoms with Gasteiger partial charge < -0.3 is 5.32 Å². The van der Waals surface area contributed by atoms with Gasteiger partial charge in [-0.2, -0.15) is 0 Å². The Hall–Kier alpha value is -0.430. The maximum Gasteiger partial charge on any atom is 0.241 e. The van der Waals surface area contributed by atoms with Crippen LogP contribution in [0.25, 0.3) is 0 Å². The molecule has 1 saturated carbocycles. The zero-order valence-electron chi connectivity index (χ0n) is 13.1. The second-order valence-electron chi connectivity index (χ2n) is 6.32. The van der Waals surface area contributed by atoms with Crippen molar-refractivity contribution < 1.29 is 8.42 Å². The van der Waals surface area contributed by atoms with Crippen LogP contribution < -0.4 is 10.0 Å². The quantitative estimate of drug-likeness (QED) is 0.731. The number of hydrogen-bond acceptors (Lipinski definition) is 4. The predicted octanol–water partition coefficient (Wildman–Crippen LogP) is 3.10. The SMILES string of the molecule is CCCC1(CNS(=O)(=O)c2ccsc2CNC(C)C)CC1. The molecule has 6 heteroatoms. The van der Waals surface area contributed by atoms with E-state index in [9.17, 15) is 8.42 Å². The second-order valence-corrected chi connectivity index (χ2v) is 9.05. The maximum atomic E-state index is 12.5. The molecule has 4 nitrogen and oxygen atoms in total. The van der Waals surface area contributed by atoms with Crippen molar-refractivity contribution in [3.05, 3.63) is 16.3 Å². The largest absolute Gasteiger partial charge is 0.310 e. The molecule has 2 rings (SSSR count). The molecule has 0 spiro atoms. The van der Waals surface area contributed by atoms with E-state index in [2.05, 4.69) is 30.8 Å². The van der Waals surface area contributed by atoms with Crippen molar-refractivity contribution in [3.8, 4) is 0 Å². The Morgan fingerprint density at radius 1 is 1.38 bits per heavy atom. The lowest BCUT2D eigenvalue weighted by Gasteiger charge is -2.15. The van der Waals surface area contributed by atoms with E-state index in [-0.39, 0.29) is 5.41 Å². The summed E-state index contributed by atoms with van der Waals surface area (Å²) in [7, 11) is -3.39. The van der Waals surface area contributed by atoms with E-state index >= 15 is 0 Å². The van der Waals surface area contributed by atoms with Crippen LogP contribution in [0.2, 0.25) is 0 Å². The molecular formula is C15H26N2O2S2. The summed E-state index contributed by atoms with van der Waals surface area (Å²) in [5.41, 5.74) is 0.230. The van der Waals surface area contributed by atoms with Gasteiger partial charge in [0.1, 0.15) is 0 Å². The summed E-state index contributed by atoms with van der Waals surface area (Å²) in [6.07, 6.45) is 4.52. The van der Waals surface area contributed by atoms with Gasteiger partial charge in [-0.1, -0.05) is 27.2 Å². The number of hydrogen-bond donors (Lipinski definition) is 2. The standard InChI is InChI=1S/C15H26N2O2S2/c1-4-6-15(7-8-15)11-17-21(18,19)14-5-9-20-13(14)10-16-12(2)3/h5,9,12,16-17H,4,6-8,10-11H2,1-3H3. The third-order valence-electron chi connectivity index (χ3n) is 4.04. The average molecular weight is 331 g/mol. The van der Waals surface area contributed by atoms with Gasteiger partial charge in [-0.15, -0.1) is 11.3 Å². The fraction of sp³-hybridized carbons (Fsp3) is 0.733. The Labute approximate surface area is 132 Å². The van der Waals surface area contributed by atoms with E-state index in [4.69, 9.17) is 0 Å². The predicted molar refractivity (Wildman–Crippen MR) is 88.1 cm³/mol. The van der Waals surface area contributed by atoms with Crippen LogP contribution in [0.3, 0.4) is 0 Å². The van der Waals surface area contributed by atoms with E-state index in [1.807, 2.05) is 5.38 Å². The molecular weight excluding hydrogens is 304 g/mol. The van der Waals surface area contributed by atoms with Gasteiger partial charge in [0.05, 0.1) is 4.90 Å². The average Bonchev–Trinajstić information content (AvgIpc) is 3.01. The lowest BCUT2D eigenvalue weighted by atomic mass is 10.0. The van der Waals surface area contributed by atoms with Crippen molar-refractivity contribution in [1.29, 1.82) is 0 Å². The molecule has 2 N–H and O–H groups in total. The highest BCUT2D eigenvalue weighted by Crippen LogP contribution is 2.49. The molecule has 1 aromatic heterocycles. The van der Waals surface area contributed by atoms with Gasteiger partial charge in [0.25, 0.3) is 0 Å². The molecule has 1 heterocycles. The Kier molecular flexibility index (Phi) is 5.46. The first-order valence-corrected chi connectivity index (χ1v) is 10.0. The maximum absolute atomic E-state index is 12.5. The van der Waals surface area contributed by atoms with E-state index < -0.39 is 10.0 Å². The van der Waals surface area contributed by atoms with Crippen molar-refractivity contribution in [3.63, 3.8) is 0 Å². The molecule has 21 heavy (non-hydrogen) atoms. The highest BCUT2D eigenvalue weighted by atomic mass is 32.2. The fourth-order valence-corrected chi connectivity index (χ4v) is 5.09. The van der Waals surface area contributed by atoms with Crippen LogP contribution >= 0.6 is 11.3 Å². The van der Waals surface area contributed by atoms with Crippen LogP contribution in [0.15, 0.2) is 16.3 Å². The molecule has 0 saturated heterocycles. The smallest absolute Gasteiger partial charge is 0.241 e. The number of thiophene rings is 1. The normalized spacial score (nSPS) is 17.3. The number of sulfonamides is 1. The summed E-state index contributed by atoms with van der Waals surface area (Å²) in [6, 6.07) is 2.05. The topological polar surface area (TPSA) is 58.2 Å². The van der Waals surface area contributed by atoms with Crippen LogP contribution in [-0.2, 0) is 16.6 Å². The van der Waals surface area contributed by atoms with E-state index in [1.54, 1.807) is 6.07 Å². The third-order valence-corrected chi connectivity index (χ3v) is 6.58. The van der Waals surface area contributed by atoms with Gasteiger partial charge in [-0.05, 0) is 36.1 Å². The van der Waals surface area contributed by atoms with Crippen LogP contribution in [0.4, 0.5) is 0 Å². The van der Waals surface area contributed by atoms with Gasteiger partial charge in [0.2, 0.25) is 10.0 Å². The summed E-state index contributed by atoms with van der Waals surface area (Å²) in [4.78, 5) is 1.32. The van der Waals surface area contributed by atoms with E-state index in [0.29, 0.717) is 24.0 Å². The Morgan fingerprint density at radius 3 is 2.67 bits per heavy atom. The third kappa shape index (κ3) is 4.52. The van der Waals surface area contributed by atoms with Crippen molar-refractivity contribution in [2.75, 3.05) is 6.54 Å². The highest BCUT2D eigenvalue weighted by molar-refractivity contribution is 7.89. The Balaban J connectivity index is 2.01. The zero-order valence-corrected chi connectivity index (χ0v) is 14.7. The fourth-order valence-electron chi connectivity index (χ4n) is 2.54. The molecule has 120 valence electrons. The minimum Gasteiger partial charge on any atom is -0.310 e. The van der Waals surface area contributed by atoms with Crippen LogP contribution in [0, 0.1) is 5.41 Å². The molecule has 1 aliphatic rings. The Morgan fingerprint density at radius 2 is 2.10 bits per heavy atom. The second kappa shape index (κ2) is 6.77. The van der Waals surface area contributed by atoms with Gasteiger partial charge in [-0.3, -0.25) is 0 Å². The molecule has 1 aromatic rings. The summed E-state index contributed by atoms with van der Waals surface area (Å²) in [5.74, 6) is 0. The molecule has 0 bridgehead atoms. The Bertz CT molecular complexity index is 560. The van der Waals surface area contributed by atoms with Gasteiger partial charge in [0.15, 0.2) is 0 Å². The first-order chi connectivity index (χ1) is 9.88. The van der Waals surface area contributed by atoms with Crippen LogP contribution in [0.5, 0.6) is 0 Å². The minimum absolute atomic E-state index is 0.230. The molecule has 0 radical (unpaired) electrons. The van der Waals surface area contributed by atoms with Crippen molar-refractivity contribution >= 4 is 21.4 Å². The summed E-state index contributed by atoms with van der Waals surface area (Å²) in [5, 5.41) is 5.14. The lowest BCUT2D eigenvalue weighted by Crippen LogP contribution is -2.31. The minimum atomic E-state index is -3.39. The molecule has 0 aliphatic heterocycles. The van der Waals surface area contributed by atoms with Gasteiger partial charge in [0, 0.05) is 24.0 Å². The molecule has 0 amide bonds. The molecule has 0 unspecified atom stereocenters. The summed E-state index contributed by atoms with van der Waals surface area (Å²) < 4.78 is 27.8. The van der Waals surface area contributed by atoms with Crippen molar-refractivity contribution in [2.45, 2.75) is 63.9 Å². The number of nitrogens with one attached hydrogen (secondary N) is 2.